The minimum absolute atomic E-state index is 0.0286. The summed E-state index contributed by atoms with van der Waals surface area (Å²) in [5, 5.41) is 0. The van der Waals surface area contributed by atoms with Crippen LogP contribution in [0.3, 0.4) is 0 Å². The van der Waals surface area contributed by atoms with E-state index in [1.165, 1.54) is 0 Å². The second-order valence-electron chi connectivity index (χ2n) is 7.26. The summed E-state index contributed by atoms with van der Waals surface area (Å²) in [7, 11) is 0. The Morgan fingerprint density at radius 3 is 1.94 bits per heavy atom. The van der Waals surface area contributed by atoms with Crippen LogP contribution in [0.1, 0.15) is 47.3 Å². The summed E-state index contributed by atoms with van der Waals surface area (Å²) >= 11 is 0. The van der Waals surface area contributed by atoms with Crippen molar-refractivity contribution in [2.75, 3.05) is 6.61 Å². The SMILES string of the molecule is CCOC(=O)Cc1cc(OCc2ccccc2)cc(OCc2ccccc2)c1C(=O)CC. The van der Waals surface area contributed by atoms with Gasteiger partial charge in [0.25, 0.3) is 0 Å². The molecule has 0 atom stereocenters. The third-order valence-electron chi connectivity index (χ3n) is 4.88. The van der Waals surface area contributed by atoms with Crippen molar-refractivity contribution in [1.29, 1.82) is 0 Å². The highest BCUT2D eigenvalue weighted by Crippen LogP contribution is 2.32. The molecule has 166 valence electrons. The summed E-state index contributed by atoms with van der Waals surface area (Å²) in [4.78, 5) is 25.1. The van der Waals surface area contributed by atoms with E-state index in [-0.39, 0.29) is 18.8 Å². The number of Topliss-reactive ketones (excluding diaryl/α,β-unsaturated/α-hetero) is 1. The third kappa shape index (κ3) is 6.45. The van der Waals surface area contributed by atoms with E-state index >= 15 is 0 Å². The first-order chi connectivity index (χ1) is 15.6. The molecule has 0 saturated heterocycles. The largest absolute Gasteiger partial charge is 0.489 e. The van der Waals surface area contributed by atoms with Crippen LogP contribution in [0.5, 0.6) is 11.5 Å². The van der Waals surface area contributed by atoms with Crippen LogP contribution in [-0.4, -0.2) is 18.4 Å². The zero-order valence-corrected chi connectivity index (χ0v) is 18.5. The Hall–Kier alpha value is -3.60. The van der Waals surface area contributed by atoms with Crippen molar-refractivity contribution in [2.45, 2.75) is 39.9 Å². The minimum Gasteiger partial charge on any atom is -0.489 e. The van der Waals surface area contributed by atoms with Crippen LogP contribution in [0.25, 0.3) is 0 Å². The number of carbonyl (C=O) groups excluding carboxylic acids is 2. The van der Waals surface area contributed by atoms with E-state index in [0.29, 0.717) is 42.3 Å². The Kier molecular flexibility index (Phi) is 8.44. The van der Waals surface area contributed by atoms with Gasteiger partial charge in [0.05, 0.1) is 18.6 Å². The molecule has 0 aromatic heterocycles. The highest BCUT2D eigenvalue weighted by molar-refractivity contribution is 6.01. The van der Waals surface area contributed by atoms with E-state index in [4.69, 9.17) is 14.2 Å². The number of rotatable bonds is 11. The molecule has 0 bridgehead atoms. The van der Waals surface area contributed by atoms with Crippen LogP contribution in [-0.2, 0) is 29.2 Å². The Morgan fingerprint density at radius 1 is 0.781 bits per heavy atom. The summed E-state index contributed by atoms with van der Waals surface area (Å²) in [5.41, 5.74) is 2.94. The van der Waals surface area contributed by atoms with Crippen LogP contribution in [0.4, 0.5) is 0 Å². The minimum atomic E-state index is -0.396. The number of ketones is 1. The number of ether oxygens (including phenoxy) is 3. The van der Waals surface area contributed by atoms with Gasteiger partial charge in [0.1, 0.15) is 24.7 Å². The van der Waals surface area contributed by atoms with Gasteiger partial charge in [-0.05, 0) is 29.7 Å². The van der Waals surface area contributed by atoms with Crippen LogP contribution < -0.4 is 9.47 Å². The summed E-state index contributed by atoms with van der Waals surface area (Å²) < 4.78 is 17.2. The molecule has 0 aliphatic rings. The molecule has 0 fully saturated rings. The molecule has 0 heterocycles. The molecule has 3 aromatic carbocycles. The first-order valence-corrected chi connectivity index (χ1v) is 10.8. The maximum Gasteiger partial charge on any atom is 0.310 e. The second-order valence-corrected chi connectivity index (χ2v) is 7.26. The lowest BCUT2D eigenvalue weighted by Crippen LogP contribution is -2.14. The lowest BCUT2D eigenvalue weighted by molar-refractivity contribution is -0.142. The number of carbonyl (C=O) groups is 2. The molecular formula is C27H28O5. The van der Waals surface area contributed by atoms with Crippen LogP contribution in [0, 0.1) is 0 Å². The summed E-state index contributed by atoms with van der Waals surface area (Å²) in [6.45, 7) is 4.48. The lowest BCUT2D eigenvalue weighted by Gasteiger charge is -2.17. The molecule has 0 aliphatic heterocycles. The molecule has 0 amide bonds. The molecule has 0 radical (unpaired) electrons. The van der Waals surface area contributed by atoms with Gasteiger partial charge in [-0.2, -0.15) is 0 Å². The van der Waals surface area contributed by atoms with Crippen molar-refractivity contribution < 1.29 is 23.8 Å². The third-order valence-corrected chi connectivity index (χ3v) is 4.88. The van der Waals surface area contributed by atoms with Gasteiger partial charge in [0.2, 0.25) is 0 Å². The lowest BCUT2D eigenvalue weighted by atomic mass is 9.97. The molecule has 32 heavy (non-hydrogen) atoms. The number of benzene rings is 3. The monoisotopic (exact) mass is 432 g/mol. The topological polar surface area (TPSA) is 61.8 Å². The molecule has 0 aliphatic carbocycles. The van der Waals surface area contributed by atoms with Crippen LogP contribution in [0.15, 0.2) is 72.8 Å². The van der Waals surface area contributed by atoms with E-state index in [0.717, 1.165) is 11.1 Å². The van der Waals surface area contributed by atoms with Crippen molar-refractivity contribution in [3.63, 3.8) is 0 Å². The smallest absolute Gasteiger partial charge is 0.310 e. The average Bonchev–Trinajstić information content (AvgIpc) is 2.82. The Bertz CT molecular complexity index is 1030. The highest BCUT2D eigenvalue weighted by atomic mass is 16.5. The molecule has 5 heteroatoms. The van der Waals surface area contributed by atoms with Crippen LogP contribution >= 0.6 is 0 Å². The van der Waals surface area contributed by atoms with Gasteiger partial charge in [-0.25, -0.2) is 0 Å². The van der Waals surface area contributed by atoms with Crippen molar-refractivity contribution in [1.82, 2.24) is 0 Å². The summed E-state index contributed by atoms with van der Waals surface area (Å²) in [6.07, 6.45) is 0.265. The summed E-state index contributed by atoms with van der Waals surface area (Å²) in [5.74, 6) is 0.447. The predicted octanol–water partition coefficient (Wildman–Crippen LogP) is 5.54. The van der Waals surface area contributed by atoms with Gasteiger partial charge in [-0.1, -0.05) is 67.6 Å². The van der Waals surface area contributed by atoms with E-state index in [1.807, 2.05) is 60.7 Å². The molecular weight excluding hydrogens is 404 g/mol. The standard InChI is InChI=1S/C27H28O5/c1-3-24(28)27-22(16-26(29)30-4-2)15-23(31-18-20-11-7-5-8-12-20)17-25(27)32-19-21-13-9-6-10-14-21/h5-15,17H,3-4,16,18-19H2,1-2H3. The summed E-state index contributed by atoms with van der Waals surface area (Å²) in [6, 6.07) is 23.0. The van der Waals surface area contributed by atoms with Crippen molar-refractivity contribution in [3.05, 3.63) is 95.1 Å². The fraction of sp³-hybridized carbons (Fsp3) is 0.259. The molecule has 0 unspecified atom stereocenters. The van der Waals surface area contributed by atoms with Gasteiger partial charge >= 0.3 is 5.97 Å². The molecule has 0 saturated carbocycles. The Morgan fingerprint density at radius 2 is 1.38 bits per heavy atom. The molecule has 0 spiro atoms. The van der Waals surface area contributed by atoms with Crippen LogP contribution in [0.2, 0.25) is 0 Å². The number of hydrogen-bond acceptors (Lipinski definition) is 5. The number of esters is 1. The molecule has 5 nitrogen and oxygen atoms in total. The van der Waals surface area contributed by atoms with Crippen molar-refractivity contribution in [2.24, 2.45) is 0 Å². The van der Waals surface area contributed by atoms with Gasteiger partial charge in [-0.3, -0.25) is 9.59 Å². The average molecular weight is 433 g/mol. The zero-order valence-electron chi connectivity index (χ0n) is 18.5. The second kappa shape index (κ2) is 11.7. The van der Waals surface area contributed by atoms with E-state index in [2.05, 4.69) is 0 Å². The Balaban J connectivity index is 1.94. The fourth-order valence-electron chi connectivity index (χ4n) is 3.32. The normalized spacial score (nSPS) is 10.4. The first kappa shape index (κ1) is 23.1. The quantitative estimate of drug-likeness (QED) is 0.294. The number of hydrogen-bond donors (Lipinski definition) is 0. The van der Waals surface area contributed by atoms with Gasteiger partial charge < -0.3 is 14.2 Å². The Labute approximate surface area is 188 Å². The van der Waals surface area contributed by atoms with Gasteiger partial charge in [-0.15, -0.1) is 0 Å². The van der Waals surface area contributed by atoms with Gasteiger partial charge in [0, 0.05) is 12.5 Å². The molecule has 3 rings (SSSR count). The van der Waals surface area contributed by atoms with E-state index < -0.39 is 5.97 Å². The van der Waals surface area contributed by atoms with E-state index in [1.54, 1.807) is 26.0 Å². The van der Waals surface area contributed by atoms with Gasteiger partial charge in [0.15, 0.2) is 5.78 Å². The first-order valence-electron chi connectivity index (χ1n) is 10.8. The predicted molar refractivity (Wildman–Crippen MR) is 123 cm³/mol. The zero-order chi connectivity index (χ0) is 22.8. The van der Waals surface area contributed by atoms with Crippen molar-refractivity contribution in [3.8, 4) is 11.5 Å². The maximum atomic E-state index is 12.8. The van der Waals surface area contributed by atoms with E-state index in [9.17, 15) is 9.59 Å². The molecule has 0 N–H and O–H groups in total. The fourth-order valence-corrected chi connectivity index (χ4v) is 3.32. The molecule has 3 aromatic rings. The maximum absolute atomic E-state index is 12.8. The van der Waals surface area contributed by atoms with Crippen molar-refractivity contribution >= 4 is 11.8 Å². The highest BCUT2D eigenvalue weighted by Gasteiger charge is 2.21.